The van der Waals surface area contributed by atoms with Gasteiger partial charge in [-0.3, -0.25) is 9.69 Å². The van der Waals surface area contributed by atoms with Gasteiger partial charge < -0.3 is 15.2 Å². The van der Waals surface area contributed by atoms with Crippen molar-refractivity contribution < 1.29 is 18.7 Å². The lowest BCUT2D eigenvalue weighted by molar-refractivity contribution is -0.136. The van der Waals surface area contributed by atoms with Gasteiger partial charge in [-0.1, -0.05) is 11.6 Å². The average Bonchev–Trinajstić information content (AvgIpc) is 2.41. The first-order valence-corrected chi connectivity index (χ1v) is 7.09. The SMILES string of the molecule is C[C@H]1OCCN(CCOc2ccc(F)cc2Cl)[C@@H]1C(N)=O. The molecule has 1 fully saturated rings. The van der Waals surface area contributed by atoms with E-state index in [-0.39, 0.29) is 11.1 Å². The van der Waals surface area contributed by atoms with Gasteiger partial charge in [0.2, 0.25) is 5.91 Å². The van der Waals surface area contributed by atoms with Crippen molar-refractivity contribution in [1.29, 1.82) is 0 Å². The molecule has 0 aromatic heterocycles. The van der Waals surface area contributed by atoms with E-state index in [2.05, 4.69) is 0 Å². The maximum atomic E-state index is 12.9. The molecule has 116 valence electrons. The Morgan fingerprint density at radius 3 is 3.05 bits per heavy atom. The summed E-state index contributed by atoms with van der Waals surface area (Å²) in [5, 5.41) is 0.219. The third kappa shape index (κ3) is 4.06. The van der Waals surface area contributed by atoms with Crippen LogP contribution in [0, 0.1) is 5.82 Å². The third-order valence-electron chi connectivity index (χ3n) is 3.42. The highest BCUT2D eigenvalue weighted by Crippen LogP contribution is 2.25. The molecular weight excluding hydrogens is 299 g/mol. The maximum absolute atomic E-state index is 12.9. The highest BCUT2D eigenvalue weighted by atomic mass is 35.5. The number of carbonyl (C=O) groups excluding carboxylic acids is 1. The molecule has 0 bridgehead atoms. The standard InChI is InChI=1S/C14H18ClFN2O3/c1-9-13(14(17)19)18(4-6-20-9)5-7-21-12-3-2-10(16)8-11(12)15/h2-3,8-9,13H,4-7H2,1H3,(H2,17,19)/t9-,13+/m1/s1. The van der Waals surface area contributed by atoms with E-state index in [1.807, 2.05) is 11.8 Å². The second-order valence-corrected chi connectivity index (χ2v) is 5.29. The minimum Gasteiger partial charge on any atom is -0.491 e. The largest absolute Gasteiger partial charge is 0.491 e. The van der Waals surface area contributed by atoms with Crippen LogP contribution in [0.2, 0.25) is 5.02 Å². The summed E-state index contributed by atoms with van der Waals surface area (Å²) >= 11 is 5.88. The van der Waals surface area contributed by atoms with Gasteiger partial charge in [-0.2, -0.15) is 0 Å². The normalized spacial score (nSPS) is 23.0. The summed E-state index contributed by atoms with van der Waals surface area (Å²) in [4.78, 5) is 13.4. The topological polar surface area (TPSA) is 64.8 Å². The Kier molecular flexibility index (Phi) is 5.39. The van der Waals surface area contributed by atoms with Crippen molar-refractivity contribution in [3.8, 4) is 5.75 Å². The number of nitrogens with zero attached hydrogens (tertiary/aromatic N) is 1. The van der Waals surface area contributed by atoms with Gasteiger partial charge >= 0.3 is 0 Å². The zero-order valence-corrected chi connectivity index (χ0v) is 12.5. The van der Waals surface area contributed by atoms with Crippen molar-refractivity contribution >= 4 is 17.5 Å². The van der Waals surface area contributed by atoms with Crippen LogP contribution in [-0.2, 0) is 9.53 Å². The fourth-order valence-electron chi connectivity index (χ4n) is 2.41. The first-order chi connectivity index (χ1) is 9.99. The smallest absolute Gasteiger partial charge is 0.237 e. The molecule has 0 saturated carbocycles. The lowest BCUT2D eigenvalue weighted by atomic mass is 10.1. The lowest BCUT2D eigenvalue weighted by Gasteiger charge is -2.37. The van der Waals surface area contributed by atoms with E-state index in [1.165, 1.54) is 18.2 Å². The van der Waals surface area contributed by atoms with Crippen LogP contribution in [0.3, 0.4) is 0 Å². The van der Waals surface area contributed by atoms with Gasteiger partial charge in [-0.25, -0.2) is 4.39 Å². The number of hydrogen-bond acceptors (Lipinski definition) is 4. The lowest BCUT2D eigenvalue weighted by Crippen LogP contribution is -2.57. The van der Waals surface area contributed by atoms with Crippen LogP contribution in [0.25, 0.3) is 0 Å². The van der Waals surface area contributed by atoms with E-state index in [0.29, 0.717) is 32.1 Å². The Bertz CT molecular complexity index is 515. The summed E-state index contributed by atoms with van der Waals surface area (Å²) in [5.41, 5.74) is 5.41. The van der Waals surface area contributed by atoms with Crippen molar-refractivity contribution in [3.05, 3.63) is 29.0 Å². The summed E-state index contributed by atoms with van der Waals surface area (Å²) < 4.78 is 23.9. The number of carbonyl (C=O) groups is 1. The number of ether oxygens (including phenoxy) is 2. The van der Waals surface area contributed by atoms with Crippen molar-refractivity contribution in [1.82, 2.24) is 4.90 Å². The minimum atomic E-state index is -0.467. The van der Waals surface area contributed by atoms with Crippen molar-refractivity contribution in [2.75, 3.05) is 26.3 Å². The third-order valence-corrected chi connectivity index (χ3v) is 3.71. The van der Waals surface area contributed by atoms with Crippen molar-refractivity contribution in [2.24, 2.45) is 5.73 Å². The van der Waals surface area contributed by atoms with Gasteiger partial charge in [-0.05, 0) is 25.1 Å². The molecule has 21 heavy (non-hydrogen) atoms. The number of primary amides is 1. The Morgan fingerprint density at radius 1 is 1.62 bits per heavy atom. The monoisotopic (exact) mass is 316 g/mol. The van der Waals surface area contributed by atoms with E-state index in [9.17, 15) is 9.18 Å². The summed E-state index contributed by atoms with van der Waals surface area (Å²) in [6.07, 6.45) is -0.245. The van der Waals surface area contributed by atoms with Crippen LogP contribution < -0.4 is 10.5 Å². The molecule has 1 aliphatic heterocycles. The van der Waals surface area contributed by atoms with Crippen LogP contribution >= 0.6 is 11.6 Å². The molecule has 1 amide bonds. The quantitative estimate of drug-likeness (QED) is 0.892. The summed E-state index contributed by atoms with van der Waals surface area (Å²) in [6.45, 7) is 3.80. The highest BCUT2D eigenvalue weighted by Gasteiger charge is 2.33. The molecule has 0 aliphatic carbocycles. The molecular formula is C14H18ClFN2O3. The Balaban J connectivity index is 1.91. The Labute approximate surface area is 127 Å². The first kappa shape index (κ1) is 16.0. The molecule has 1 aromatic carbocycles. The van der Waals surface area contributed by atoms with Gasteiger partial charge in [0, 0.05) is 13.1 Å². The minimum absolute atomic E-state index is 0.219. The van der Waals surface area contributed by atoms with Gasteiger partial charge in [0.1, 0.15) is 24.2 Å². The van der Waals surface area contributed by atoms with E-state index >= 15 is 0 Å². The summed E-state index contributed by atoms with van der Waals surface area (Å²) in [5.74, 6) is -0.417. The number of hydrogen-bond donors (Lipinski definition) is 1. The second kappa shape index (κ2) is 7.06. The van der Waals surface area contributed by atoms with Crippen molar-refractivity contribution in [2.45, 2.75) is 19.1 Å². The fourth-order valence-corrected chi connectivity index (χ4v) is 2.63. The molecule has 2 rings (SSSR count). The molecule has 7 heteroatoms. The summed E-state index contributed by atoms with van der Waals surface area (Å²) in [6, 6.07) is 3.49. The van der Waals surface area contributed by atoms with E-state index in [0.717, 1.165) is 0 Å². The molecule has 2 N–H and O–H groups in total. The number of morpholine rings is 1. The maximum Gasteiger partial charge on any atom is 0.237 e. The number of halogens is 2. The molecule has 5 nitrogen and oxygen atoms in total. The van der Waals surface area contributed by atoms with E-state index in [4.69, 9.17) is 26.8 Å². The van der Waals surface area contributed by atoms with Gasteiger partial charge in [-0.15, -0.1) is 0 Å². The van der Waals surface area contributed by atoms with Crippen LogP contribution in [-0.4, -0.2) is 49.3 Å². The molecule has 0 spiro atoms. The van der Waals surface area contributed by atoms with Crippen molar-refractivity contribution in [3.63, 3.8) is 0 Å². The molecule has 2 atom stereocenters. The van der Waals surface area contributed by atoms with Gasteiger partial charge in [0.15, 0.2) is 0 Å². The molecule has 1 heterocycles. The zero-order valence-electron chi connectivity index (χ0n) is 11.7. The number of nitrogens with two attached hydrogens (primary N) is 1. The predicted octanol–water partition coefficient (Wildman–Crippen LogP) is 1.43. The predicted molar refractivity (Wildman–Crippen MR) is 76.9 cm³/mol. The highest BCUT2D eigenvalue weighted by molar-refractivity contribution is 6.32. The average molecular weight is 317 g/mol. The van der Waals surface area contributed by atoms with Gasteiger partial charge in [0.25, 0.3) is 0 Å². The van der Waals surface area contributed by atoms with E-state index < -0.39 is 17.8 Å². The van der Waals surface area contributed by atoms with Crippen LogP contribution in [0.1, 0.15) is 6.92 Å². The summed E-state index contributed by atoms with van der Waals surface area (Å²) in [7, 11) is 0. The Morgan fingerprint density at radius 2 is 2.38 bits per heavy atom. The number of rotatable bonds is 5. The number of benzene rings is 1. The first-order valence-electron chi connectivity index (χ1n) is 6.72. The molecule has 0 radical (unpaired) electrons. The Hall–Kier alpha value is -1.37. The number of amides is 1. The second-order valence-electron chi connectivity index (χ2n) is 4.88. The molecule has 0 unspecified atom stereocenters. The van der Waals surface area contributed by atoms with Crippen LogP contribution in [0.4, 0.5) is 4.39 Å². The molecule has 1 saturated heterocycles. The van der Waals surface area contributed by atoms with E-state index in [1.54, 1.807) is 0 Å². The fraction of sp³-hybridized carbons (Fsp3) is 0.500. The van der Waals surface area contributed by atoms with Crippen LogP contribution in [0.5, 0.6) is 5.75 Å². The van der Waals surface area contributed by atoms with Crippen LogP contribution in [0.15, 0.2) is 18.2 Å². The zero-order chi connectivity index (χ0) is 15.4. The molecule has 1 aromatic rings. The molecule has 1 aliphatic rings. The van der Waals surface area contributed by atoms with Gasteiger partial charge in [0.05, 0.1) is 17.7 Å².